The van der Waals surface area contributed by atoms with E-state index in [4.69, 9.17) is 34.7 Å². The average Bonchev–Trinajstić information content (AvgIpc) is 2.35. The molecule has 1 amide bonds. The lowest BCUT2D eigenvalue weighted by Crippen LogP contribution is -2.11. The number of hydrogen-bond donors (Lipinski definition) is 3. The Bertz CT molecular complexity index is 624. The van der Waals surface area contributed by atoms with E-state index in [-0.39, 0.29) is 0 Å². The minimum Gasteiger partial charge on any atom is -0.397 e. The van der Waals surface area contributed by atoms with Crippen molar-refractivity contribution < 1.29 is 4.79 Å². The van der Waals surface area contributed by atoms with Crippen molar-refractivity contribution in [3.05, 3.63) is 52.0 Å². The topological polar surface area (TPSA) is 81.1 Å². The molecule has 5 N–H and O–H groups in total. The summed E-state index contributed by atoms with van der Waals surface area (Å²) in [5.74, 6) is -0.534. The highest BCUT2D eigenvalue weighted by molar-refractivity contribution is 6.39. The van der Waals surface area contributed by atoms with Crippen LogP contribution in [0.3, 0.4) is 0 Å². The third-order valence-electron chi connectivity index (χ3n) is 2.56. The molecular weight excluding hydrogens is 285 g/mol. The third-order valence-corrected chi connectivity index (χ3v) is 3.19. The molecule has 2 aromatic carbocycles. The highest BCUT2D eigenvalue weighted by Gasteiger charge is 2.09. The Balaban J connectivity index is 2.43. The van der Waals surface area contributed by atoms with E-state index >= 15 is 0 Å². The van der Waals surface area contributed by atoms with Crippen LogP contribution in [0.15, 0.2) is 36.4 Å². The van der Waals surface area contributed by atoms with Crippen molar-refractivity contribution in [1.82, 2.24) is 0 Å². The first kappa shape index (κ1) is 13.5. The van der Waals surface area contributed by atoms with Crippen LogP contribution in [-0.2, 0) is 0 Å². The Labute approximate surface area is 120 Å². The molecule has 0 aliphatic carbocycles. The van der Waals surface area contributed by atoms with Gasteiger partial charge in [-0.15, -0.1) is 0 Å². The van der Waals surface area contributed by atoms with E-state index in [1.54, 1.807) is 36.4 Å². The fraction of sp³-hybridized carbons (Fsp3) is 0. The Morgan fingerprint density at radius 3 is 2.32 bits per heavy atom. The van der Waals surface area contributed by atoms with Crippen LogP contribution in [-0.4, -0.2) is 5.91 Å². The quantitative estimate of drug-likeness (QED) is 0.759. The van der Waals surface area contributed by atoms with Crippen molar-refractivity contribution in [2.75, 3.05) is 11.1 Å². The van der Waals surface area contributed by atoms with Gasteiger partial charge in [0.2, 0.25) is 5.91 Å². The number of primary amides is 1. The zero-order valence-corrected chi connectivity index (χ0v) is 11.3. The summed E-state index contributed by atoms with van der Waals surface area (Å²) in [4.78, 5) is 11.2. The number of anilines is 3. The first-order valence-corrected chi connectivity index (χ1v) is 6.15. The summed E-state index contributed by atoms with van der Waals surface area (Å²) in [7, 11) is 0. The van der Waals surface area contributed by atoms with Gasteiger partial charge in [-0.25, -0.2) is 0 Å². The van der Waals surface area contributed by atoms with E-state index in [9.17, 15) is 4.79 Å². The molecule has 0 aliphatic heterocycles. The molecule has 4 nitrogen and oxygen atoms in total. The molecule has 0 saturated carbocycles. The molecule has 0 fully saturated rings. The van der Waals surface area contributed by atoms with Crippen LogP contribution < -0.4 is 16.8 Å². The van der Waals surface area contributed by atoms with Crippen molar-refractivity contribution in [2.45, 2.75) is 0 Å². The van der Waals surface area contributed by atoms with Gasteiger partial charge in [0.05, 0.1) is 27.1 Å². The number of amides is 1. The lowest BCUT2D eigenvalue weighted by atomic mass is 10.1. The zero-order chi connectivity index (χ0) is 14.0. The highest BCUT2D eigenvalue weighted by atomic mass is 35.5. The van der Waals surface area contributed by atoms with Crippen LogP contribution in [0.25, 0.3) is 0 Å². The van der Waals surface area contributed by atoms with Gasteiger partial charge < -0.3 is 16.8 Å². The summed E-state index contributed by atoms with van der Waals surface area (Å²) in [6.45, 7) is 0. The van der Waals surface area contributed by atoms with Gasteiger partial charge in [-0.3, -0.25) is 4.79 Å². The van der Waals surface area contributed by atoms with Gasteiger partial charge in [-0.05, 0) is 30.3 Å². The molecule has 0 atom stereocenters. The van der Waals surface area contributed by atoms with E-state index in [1.807, 2.05) is 0 Å². The summed E-state index contributed by atoms with van der Waals surface area (Å²) in [5.41, 5.74) is 12.9. The van der Waals surface area contributed by atoms with E-state index < -0.39 is 5.91 Å². The number of para-hydroxylation sites is 1. The van der Waals surface area contributed by atoms with Crippen molar-refractivity contribution >= 4 is 46.2 Å². The molecule has 0 heterocycles. The first-order valence-electron chi connectivity index (χ1n) is 5.39. The van der Waals surface area contributed by atoms with Gasteiger partial charge in [0.25, 0.3) is 0 Å². The van der Waals surface area contributed by atoms with Gasteiger partial charge in [0.1, 0.15) is 0 Å². The average molecular weight is 296 g/mol. The predicted molar refractivity (Wildman–Crippen MR) is 79.1 cm³/mol. The Kier molecular flexibility index (Phi) is 3.83. The number of nitrogen functional groups attached to an aromatic ring is 1. The fourth-order valence-corrected chi connectivity index (χ4v) is 2.06. The fourth-order valence-electron chi connectivity index (χ4n) is 1.57. The van der Waals surface area contributed by atoms with Crippen LogP contribution in [0.2, 0.25) is 10.0 Å². The summed E-state index contributed by atoms with van der Waals surface area (Å²) < 4.78 is 0. The van der Waals surface area contributed by atoms with E-state index in [2.05, 4.69) is 5.32 Å². The van der Waals surface area contributed by atoms with Crippen LogP contribution >= 0.6 is 23.2 Å². The second-order valence-corrected chi connectivity index (χ2v) is 4.70. The minimum atomic E-state index is -0.534. The van der Waals surface area contributed by atoms with E-state index in [0.29, 0.717) is 32.7 Å². The highest BCUT2D eigenvalue weighted by Crippen LogP contribution is 2.34. The minimum absolute atomic E-state index is 0.347. The van der Waals surface area contributed by atoms with Crippen molar-refractivity contribution in [3.63, 3.8) is 0 Å². The molecule has 0 aliphatic rings. The normalized spacial score (nSPS) is 10.2. The lowest BCUT2D eigenvalue weighted by molar-refractivity contribution is 0.100. The smallest absolute Gasteiger partial charge is 0.248 e. The standard InChI is InChI=1S/C13H11Cl2N3O/c14-8-2-1-3-9(15)12(8)18-11-6-7(13(17)19)4-5-10(11)16/h1-6,18H,16H2,(H2,17,19). The molecule has 0 radical (unpaired) electrons. The molecule has 0 saturated heterocycles. The van der Waals surface area contributed by atoms with Crippen molar-refractivity contribution in [3.8, 4) is 0 Å². The van der Waals surface area contributed by atoms with Crippen LogP contribution in [0.5, 0.6) is 0 Å². The maximum absolute atomic E-state index is 11.2. The maximum Gasteiger partial charge on any atom is 0.248 e. The van der Waals surface area contributed by atoms with Crippen molar-refractivity contribution in [1.29, 1.82) is 0 Å². The van der Waals surface area contributed by atoms with Crippen LogP contribution in [0.1, 0.15) is 10.4 Å². The summed E-state index contributed by atoms with van der Waals surface area (Å²) >= 11 is 12.1. The number of hydrogen-bond acceptors (Lipinski definition) is 3. The van der Waals surface area contributed by atoms with Gasteiger partial charge in [-0.1, -0.05) is 29.3 Å². The number of carbonyl (C=O) groups is 1. The van der Waals surface area contributed by atoms with Gasteiger partial charge in [0, 0.05) is 5.56 Å². The molecule has 2 aromatic rings. The monoisotopic (exact) mass is 295 g/mol. The lowest BCUT2D eigenvalue weighted by Gasteiger charge is -2.13. The molecule has 98 valence electrons. The molecule has 0 bridgehead atoms. The van der Waals surface area contributed by atoms with Crippen LogP contribution in [0.4, 0.5) is 17.1 Å². The number of benzene rings is 2. The number of halogens is 2. The van der Waals surface area contributed by atoms with Gasteiger partial charge in [0.15, 0.2) is 0 Å². The molecular formula is C13H11Cl2N3O. The molecule has 2 rings (SSSR count). The van der Waals surface area contributed by atoms with Crippen molar-refractivity contribution in [2.24, 2.45) is 5.73 Å². The third kappa shape index (κ3) is 2.92. The second-order valence-electron chi connectivity index (χ2n) is 3.89. The zero-order valence-electron chi connectivity index (χ0n) is 9.78. The maximum atomic E-state index is 11.2. The van der Waals surface area contributed by atoms with E-state index in [0.717, 1.165) is 0 Å². The molecule has 0 aromatic heterocycles. The van der Waals surface area contributed by atoms with E-state index in [1.165, 1.54) is 0 Å². The number of nitrogens with two attached hydrogens (primary N) is 2. The Morgan fingerprint density at radius 2 is 1.74 bits per heavy atom. The number of carbonyl (C=O) groups excluding carboxylic acids is 1. The van der Waals surface area contributed by atoms with Gasteiger partial charge in [-0.2, -0.15) is 0 Å². The molecule has 19 heavy (non-hydrogen) atoms. The largest absolute Gasteiger partial charge is 0.397 e. The SMILES string of the molecule is NC(=O)c1ccc(N)c(Nc2c(Cl)cccc2Cl)c1. The summed E-state index contributed by atoms with van der Waals surface area (Å²) in [6.07, 6.45) is 0. The Morgan fingerprint density at radius 1 is 1.11 bits per heavy atom. The number of rotatable bonds is 3. The van der Waals surface area contributed by atoms with Gasteiger partial charge >= 0.3 is 0 Å². The molecule has 0 unspecified atom stereocenters. The second kappa shape index (κ2) is 5.38. The number of nitrogens with one attached hydrogen (secondary N) is 1. The molecule has 0 spiro atoms. The molecule has 6 heteroatoms. The first-order chi connectivity index (χ1) is 8.99. The summed E-state index contributed by atoms with van der Waals surface area (Å²) in [6, 6.07) is 9.83. The predicted octanol–water partition coefficient (Wildman–Crippen LogP) is 3.42. The Hall–Kier alpha value is -1.91. The summed E-state index contributed by atoms with van der Waals surface area (Å²) in [5, 5.41) is 3.92. The van der Waals surface area contributed by atoms with Crippen LogP contribution in [0, 0.1) is 0 Å².